The van der Waals surface area contributed by atoms with Crippen LogP contribution in [-0.4, -0.2) is 24.2 Å². The molecule has 0 aromatic carbocycles. The second-order valence-corrected chi connectivity index (χ2v) is 1.53. The zero-order valence-corrected chi connectivity index (χ0v) is 6.79. The number of carboxylic acid groups (broad SMARTS) is 1. The molecule has 0 spiro atoms. The van der Waals surface area contributed by atoms with Gasteiger partial charge < -0.3 is 9.84 Å². The standard InChI is InChI=1S/C5H6O4.C2H2F2/c1-9-5(8)3-2-4(6)7;1-2(3)4/h2-3H,1H3,(H,6,7);1H2/b3-2-;. The second kappa shape index (κ2) is 8.38. The average molecular weight is 194 g/mol. The second-order valence-electron chi connectivity index (χ2n) is 1.53. The van der Waals surface area contributed by atoms with E-state index < -0.39 is 18.0 Å². The van der Waals surface area contributed by atoms with Crippen LogP contribution >= 0.6 is 0 Å². The number of carbonyl (C=O) groups excluding carboxylic acids is 1. The molecule has 0 aromatic heterocycles. The highest BCUT2D eigenvalue weighted by atomic mass is 19.3. The minimum absolute atomic E-state index is 0.669. The van der Waals surface area contributed by atoms with E-state index in [2.05, 4.69) is 11.3 Å². The lowest BCUT2D eigenvalue weighted by atomic mass is 10.5. The maximum atomic E-state index is 10.1. The van der Waals surface area contributed by atoms with Gasteiger partial charge in [0, 0.05) is 12.2 Å². The molecule has 0 saturated heterocycles. The third-order valence-corrected chi connectivity index (χ3v) is 0.563. The molecule has 0 rings (SSSR count). The number of aliphatic carboxylic acids is 1. The van der Waals surface area contributed by atoms with Gasteiger partial charge in [-0.05, 0) is 6.58 Å². The van der Waals surface area contributed by atoms with Crippen molar-refractivity contribution in [3.63, 3.8) is 0 Å². The van der Waals surface area contributed by atoms with E-state index in [1.807, 2.05) is 0 Å². The Balaban J connectivity index is 0. The molecule has 74 valence electrons. The summed E-state index contributed by atoms with van der Waals surface area (Å²) in [5.41, 5.74) is 0. The van der Waals surface area contributed by atoms with E-state index in [-0.39, 0.29) is 0 Å². The maximum absolute atomic E-state index is 10.1. The van der Waals surface area contributed by atoms with Crippen LogP contribution < -0.4 is 0 Å². The smallest absolute Gasteiger partial charge is 0.330 e. The summed E-state index contributed by atoms with van der Waals surface area (Å²) in [5, 5.41) is 7.96. The molecule has 0 radical (unpaired) electrons. The van der Waals surface area contributed by atoms with Crippen LogP contribution in [0.4, 0.5) is 8.78 Å². The number of ether oxygens (including phenoxy) is 1. The highest BCUT2D eigenvalue weighted by molar-refractivity contribution is 5.90. The average Bonchev–Trinajstić information content (AvgIpc) is 1.99. The highest BCUT2D eigenvalue weighted by Crippen LogP contribution is 1.85. The number of carboxylic acids is 1. The number of hydrogen-bond donors (Lipinski definition) is 1. The molecule has 0 saturated carbocycles. The fraction of sp³-hybridized carbons (Fsp3) is 0.143. The molecule has 0 aliphatic heterocycles. The van der Waals surface area contributed by atoms with Crippen molar-refractivity contribution in [3.8, 4) is 0 Å². The SMILES string of the molecule is C=C(F)F.COC(=O)/C=C\C(=O)O. The van der Waals surface area contributed by atoms with Crippen LogP contribution in [0.1, 0.15) is 0 Å². The molecule has 6 heteroatoms. The van der Waals surface area contributed by atoms with Crippen LogP contribution in [0, 0.1) is 0 Å². The Morgan fingerprint density at radius 2 is 1.77 bits per heavy atom. The van der Waals surface area contributed by atoms with Gasteiger partial charge in [-0.1, -0.05) is 0 Å². The van der Waals surface area contributed by atoms with Crippen molar-refractivity contribution in [1.29, 1.82) is 0 Å². The third-order valence-electron chi connectivity index (χ3n) is 0.563. The Kier molecular flexibility index (Phi) is 8.92. The number of methoxy groups -OCH3 is 1. The van der Waals surface area contributed by atoms with E-state index >= 15 is 0 Å². The molecule has 4 nitrogen and oxygen atoms in total. The lowest BCUT2D eigenvalue weighted by Crippen LogP contribution is -1.96. The zero-order valence-electron chi connectivity index (χ0n) is 6.79. The van der Waals surface area contributed by atoms with Crippen LogP contribution in [-0.2, 0) is 14.3 Å². The molecule has 0 heterocycles. The van der Waals surface area contributed by atoms with Crippen LogP contribution in [0.2, 0.25) is 0 Å². The van der Waals surface area contributed by atoms with E-state index in [1.165, 1.54) is 7.11 Å². The van der Waals surface area contributed by atoms with E-state index in [1.54, 1.807) is 0 Å². The van der Waals surface area contributed by atoms with Crippen molar-refractivity contribution < 1.29 is 28.2 Å². The van der Waals surface area contributed by atoms with Gasteiger partial charge >= 0.3 is 11.9 Å². The molecule has 0 bridgehead atoms. The molecule has 0 aliphatic rings. The van der Waals surface area contributed by atoms with Gasteiger partial charge in [-0.2, -0.15) is 8.78 Å². The quantitative estimate of drug-likeness (QED) is 0.529. The summed E-state index contributed by atoms with van der Waals surface area (Å²) in [6.45, 7) is 2.22. The first-order valence-corrected chi connectivity index (χ1v) is 2.89. The summed E-state index contributed by atoms with van der Waals surface area (Å²) in [6.07, 6.45) is -0.284. The van der Waals surface area contributed by atoms with Gasteiger partial charge in [0.05, 0.1) is 7.11 Å². The van der Waals surface area contributed by atoms with Crippen molar-refractivity contribution in [2.75, 3.05) is 7.11 Å². The fourth-order valence-corrected chi connectivity index (χ4v) is 0.207. The molecule has 0 atom stereocenters. The normalized spacial score (nSPS) is 8.54. The summed E-state index contributed by atoms with van der Waals surface area (Å²) in [4.78, 5) is 19.9. The van der Waals surface area contributed by atoms with E-state index in [0.717, 1.165) is 6.08 Å². The monoisotopic (exact) mass is 194 g/mol. The summed E-state index contributed by atoms with van der Waals surface area (Å²) in [7, 11) is 1.18. The maximum Gasteiger partial charge on any atom is 0.330 e. The molecule has 1 N–H and O–H groups in total. The number of hydrogen-bond acceptors (Lipinski definition) is 3. The highest BCUT2D eigenvalue weighted by Gasteiger charge is 1.91. The Labute approximate surface area is 73.1 Å². The number of esters is 1. The first-order chi connectivity index (χ1) is 5.90. The van der Waals surface area contributed by atoms with Gasteiger partial charge in [-0.15, -0.1) is 0 Å². The molecule has 0 fully saturated rings. The Morgan fingerprint density at radius 3 is 2.00 bits per heavy atom. The number of halogens is 2. The molecular weight excluding hydrogens is 186 g/mol. The Hall–Kier alpha value is -1.72. The summed E-state index contributed by atoms with van der Waals surface area (Å²) >= 11 is 0. The van der Waals surface area contributed by atoms with Crippen molar-refractivity contribution >= 4 is 11.9 Å². The van der Waals surface area contributed by atoms with Gasteiger partial charge in [0.15, 0.2) is 0 Å². The van der Waals surface area contributed by atoms with E-state index in [4.69, 9.17) is 5.11 Å². The van der Waals surface area contributed by atoms with Gasteiger partial charge in [0.1, 0.15) is 0 Å². The fourth-order valence-electron chi connectivity index (χ4n) is 0.207. The Morgan fingerprint density at radius 1 is 1.38 bits per heavy atom. The topological polar surface area (TPSA) is 63.6 Å². The third kappa shape index (κ3) is 25.3. The minimum atomic E-state index is -1.83. The van der Waals surface area contributed by atoms with Crippen LogP contribution in [0.3, 0.4) is 0 Å². The number of rotatable bonds is 2. The zero-order chi connectivity index (χ0) is 10.9. The summed E-state index contributed by atoms with van der Waals surface area (Å²) < 4.78 is 24.4. The lowest BCUT2D eigenvalue weighted by molar-refractivity contribution is -0.136. The first kappa shape index (κ1) is 13.8. The minimum Gasteiger partial charge on any atom is -0.478 e. The lowest BCUT2D eigenvalue weighted by Gasteiger charge is -1.85. The van der Waals surface area contributed by atoms with Crippen LogP contribution in [0.15, 0.2) is 24.8 Å². The molecular formula is C7H8F2O4. The van der Waals surface area contributed by atoms with Crippen molar-refractivity contribution in [2.24, 2.45) is 0 Å². The molecule has 0 unspecified atom stereocenters. The van der Waals surface area contributed by atoms with Gasteiger partial charge in [-0.25, -0.2) is 9.59 Å². The predicted octanol–water partition coefficient (Wildman–Crippen LogP) is 1.20. The van der Waals surface area contributed by atoms with E-state index in [0.29, 0.717) is 6.08 Å². The molecule has 0 aliphatic carbocycles. The van der Waals surface area contributed by atoms with Crippen LogP contribution in [0.25, 0.3) is 0 Å². The van der Waals surface area contributed by atoms with Gasteiger partial charge in [-0.3, -0.25) is 0 Å². The molecule has 0 amide bonds. The van der Waals surface area contributed by atoms with Crippen molar-refractivity contribution in [3.05, 3.63) is 24.8 Å². The van der Waals surface area contributed by atoms with Gasteiger partial charge in [0.2, 0.25) is 0 Å². The molecule has 0 aromatic rings. The van der Waals surface area contributed by atoms with Crippen molar-refractivity contribution in [2.45, 2.75) is 0 Å². The van der Waals surface area contributed by atoms with Crippen LogP contribution in [0.5, 0.6) is 0 Å². The summed E-state index contributed by atoms with van der Waals surface area (Å²) in [5.74, 6) is -1.84. The van der Waals surface area contributed by atoms with Gasteiger partial charge in [0.25, 0.3) is 6.08 Å². The molecule has 13 heavy (non-hydrogen) atoms. The largest absolute Gasteiger partial charge is 0.478 e. The summed E-state index contributed by atoms with van der Waals surface area (Å²) in [6, 6.07) is 0. The Bertz CT molecular complexity index is 219. The first-order valence-electron chi connectivity index (χ1n) is 2.89. The van der Waals surface area contributed by atoms with Crippen molar-refractivity contribution in [1.82, 2.24) is 0 Å². The predicted molar refractivity (Wildman–Crippen MR) is 40.1 cm³/mol. The number of carbonyl (C=O) groups is 2. The van der Waals surface area contributed by atoms with E-state index in [9.17, 15) is 18.4 Å².